The standard InChI is InChI=1S/C22H29N3O3/c1-14(23-17-9-7-16(8-10-17)22(3,4)5)21(27)25-19-13-18(24-15(2)26)11-12-20(19)28-6/h7-14,23H,1-6H3,(H,24,26)(H,25,27). The minimum Gasteiger partial charge on any atom is -0.495 e. The first-order valence-electron chi connectivity index (χ1n) is 9.23. The molecule has 0 spiro atoms. The number of benzene rings is 2. The zero-order chi connectivity index (χ0) is 20.9. The Bertz CT molecular complexity index is 839. The molecule has 0 fully saturated rings. The third kappa shape index (κ3) is 5.74. The summed E-state index contributed by atoms with van der Waals surface area (Å²) in [6.07, 6.45) is 0. The smallest absolute Gasteiger partial charge is 0.246 e. The van der Waals surface area contributed by atoms with Crippen molar-refractivity contribution in [2.45, 2.75) is 46.1 Å². The first-order valence-corrected chi connectivity index (χ1v) is 9.23. The summed E-state index contributed by atoms with van der Waals surface area (Å²) in [7, 11) is 1.53. The van der Waals surface area contributed by atoms with Gasteiger partial charge in [-0.05, 0) is 48.2 Å². The van der Waals surface area contributed by atoms with Crippen LogP contribution >= 0.6 is 0 Å². The quantitative estimate of drug-likeness (QED) is 0.691. The second-order valence-corrected chi connectivity index (χ2v) is 7.78. The fourth-order valence-electron chi connectivity index (χ4n) is 2.71. The second-order valence-electron chi connectivity index (χ2n) is 7.78. The molecule has 0 radical (unpaired) electrons. The molecule has 150 valence electrons. The molecule has 0 saturated heterocycles. The Morgan fingerprint density at radius 1 is 0.964 bits per heavy atom. The maximum absolute atomic E-state index is 12.6. The van der Waals surface area contributed by atoms with Crippen molar-refractivity contribution in [3.63, 3.8) is 0 Å². The lowest BCUT2D eigenvalue weighted by molar-refractivity contribution is -0.116. The monoisotopic (exact) mass is 383 g/mol. The second kappa shape index (κ2) is 8.78. The van der Waals surface area contributed by atoms with Crippen molar-refractivity contribution in [1.82, 2.24) is 0 Å². The van der Waals surface area contributed by atoms with E-state index in [1.54, 1.807) is 25.1 Å². The van der Waals surface area contributed by atoms with Crippen LogP contribution in [0.2, 0.25) is 0 Å². The van der Waals surface area contributed by atoms with Crippen LogP contribution in [0.25, 0.3) is 0 Å². The maximum atomic E-state index is 12.6. The van der Waals surface area contributed by atoms with Crippen LogP contribution in [0.4, 0.5) is 17.1 Å². The van der Waals surface area contributed by atoms with Gasteiger partial charge in [0.15, 0.2) is 0 Å². The van der Waals surface area contributed by atoms with E-state index in [1.807, 2.05) is 12.1 Å². The Morgan fingerprint density at radius 2 is 1.57 bits per heavy atom. The van der Waals surface area contributed by atoms with Gasteiger partial charge < -0.3 is 20.7 Å². The summed E-state index contributed by atoms with van der Waals surface area (Å²) in [5, 5.41) is 8.75. The van der Waals surface area contributed by atoms with Crippen LogP contribution < -0.4 is 20.7 Å². The summed E-state index contributed by atoms with van der Waals surface area (Å²) < 4.78 is 5.30. The van der Waals surface area contributed by atoms with Gasteiger partial charge in [-0.3, -0.25) is 9.59 Å². The molecule has 0 aliphatic rings. The average molecular weight is 383 g/mol. The maximum Gasteiger partial charge on any atom is 0.246 e. The molecule has 0 aromatic heterocycles. The van der Waals surface area contributed by atoms with Crippen molar-refractivity contribution >= 4 is 28.9 Å². The number of methoxy groups -OCH3 is 1. The van der Waals surface area contributed by atoms with Gasteiger partial charge >= 0.3 is 0 Å². The van der Waals surface area contributed by atoms with Gasteiger partial charge in [-0.2, -0.15) is 0 Å². The van der Waals surface area contributed by atoms with Crippen LogP contribution in [0.1, 0.15) is 40.2 Å². The summed E-state index contributed by atoms with van der Waals surface area (Å²) in [6, 6.07) is 12.7. The highest BCUT2D eigenvalue weighted by Gasteiger charge is 2.17. The average Bonchev–Trinajstić information content (AvgIpc) is 2.61. The molecule has 2 aromatic carbocycles. The Kier molecular flexibility index (Phi) is 6.67. The zero-order valence-corrected chi connectivity index (χ0v) is 17.3. The van der Waals surface area contributed by atoms with E-state index in [2.05, 4.69) is 48.9 Å². The Morgan fingerprint density at radius 3 is 2.11 bits per heavy atom. The van der Waals surface area contributed by atoms with Crippen LogP contribution in [-0.4, -0.2) is 25.0 Å². The van der Waals surface area contributed by atoms with E-state index < -0.39 is 6.04 Å². The molecule has 1 atom stereocenters. The Hall–Kier alpha value is -3.02. The lowest BCUT2D eigenvalue weighted by atomic mass is 9.87. The zero-order valence-electron chi connectivity index (χ0n) is 17.3. The van der Waals surface area contributed by atoms with Gasteiger partial charge in [0.2, 0.25) is 11.8 Å². The van der Waals surface area contributed by atoms with Crippen molar-refractivity contribution in [2.75, 3.05) is 23.1 Å². The summed E-state index contributed by atoms with van der Waals surface area (Å²) in [6.45, 7) is 9.70. The molecule has 2 amide bonds. The lowest BCUT2D eigenvalue weighted by Crippen LogP contribution is -2.32. The van der Waals surface area contributed by atoms with Crippen LogP contribution in [0.15, 0.2) is 42.5 Å². The van der Waals surface area contributed by atoms with Gasteiger partial charge in [-0.1, -0.05) is 32.9 Å². The molecule has 1 unspecified atom stereocenters. The van der Waals surface area contributed by atoms with E-state index in [0.29, 0.717) is 17.1 Å². The molecule has 0 aliphatic heterocycles. The minimum atomic E-state index is -0.463. The molecule has 0 aliphatic carbocycles. The third-order valence-electron chi connectivity index (χ3n) is 4.31. The minimum absolute atomic E-state index is 0.0804. The molecular weight excluding hydrogens is 354 g/mol. The van der Waals surface area contributed by atoms with Crippen LogP contribution in [0.5, 0.6) is 5.75 Å². The number of hydrogen-bond acceptors (Lipinski definition) is 4. The number of nitrogens with one attached hydrogen (secondary N) is 3. The molecular formula is C22H29N3O3. The SMILES string of the molecule is COc1ccc(NC(C)=O)cc1NC(=O)C(C)Nc1ccc(C(C)(C)C)cc1. The van der Waals surface area contributed by atoms with Gasteiger partial charge in [0.1, 0.15) is 11.8 Å². The van der Waals surface area contributed by atoms with E-state index in [0.717, 1.165) is 5.69 Å². The lowest BCUT2D eigenvalue weighted by Gasteiger charge is -2.20. The molecule has 0 heterocycles. The van der Waals surface area contributed by atoms with E-state index in [4.69, 9.17) is 4.74 Å². The number of amides is 2. The summed E-state index contributed by atoms with van der Waals surface area (Å²) >= 11 is 0. The number of rotatable bonds is 6. The van der Waals surface area contributed by atoms with Gasteiger partial charge in [0.05, 0.1) is 12.8 Å². The van der Waals surface area contributed by atoms with Gasteiger partial charge in [0, 0.05) is 18.3 Å². The summed E-state index contributed by atoms with van der Waals surface area (Å²) in [4.78, 5) is 23.9. The fraction of sp³-hybridized carbons (Fsp3) is 0.364. The van der Waals surface area contributed by atoms with Crippen molar-refractivity contribution < 1.29 is 14.3 Å². The highest BCUT2D eigenvalue weighted by molar-refractivity contribution is 5.98. The number of hydrogen-bond donors (Lipinski definition) is 3. The summed E-state index contributed by atoms with van der Waals surface area (Å²) in [5.74, 6) is 0.124. The van der Waals surface area contributed by atoms with Gasteiger partial charge in [-0.25, -0.2) is 0 Å². The van der Waals surface area contributed by atoms with Crippen molar-refractivity contribution in [3.8, 4) is 5.75 Å². The van der Waals surface area contributed by atoms with E-state index in [1.165, 1.54) is 19.6 Å². The number of anilines is 3. The normalized spacial score (nSPS) is 12.1. The molecule has 3 N–H and O–H groups in total. The number of carbonyl (C=O) groups is 2. The van der Waals surface area contributed by atoms with E-state index >= 15 is 0 Å². The van der Waals surface area contributed by atoms with Crippen LogP contribution in [0, 0.1) is 0 Å². The predicted octanol–water partition coefficient (Wildman–Crippen LogP) is 4.39. The summed E-state index contributed by atoms with van der Waals surface area (Å²) in [5.41, 5.74) is 3.26. The van der Waals surface area contributed by atoms with E-state index in [9.17, 15) is 9.59 Å². The molecule has 0 bridgehead atoms. The Balaban J connectivity index is 2.08. The largest absolute Gasteiger partial charge is 0.495 e. The fourth-order valence-corrected chi connectivity index (χ4v) is 2.71. The third-order valence-corrected chi connectivity index (χ3v) is 4.31. The molecule has 2 rings (SSSR count). The number of carbonyl (C=O) groups excluding carboxylic acids is 2. The van der Waals surface area contributed by atoms with E-state index in [-0.39, 0.29) is 17.2 Å². The van der Waals surface area contributed by atoms with Crippen LogP contribution in [-0.2, 0) is 15.0 Å². The molecule has 28 heavy (non-hydrogen) atoms. The van der Waals surface area contributed by atoms with Crippen molar-refractivity contribution in [1.29, 1.82) is 0 Å². The van der Waals surface area contributed by atoms with Crippen molar-refractivity contribution in [2.24, 2.45) is 0 Å². The Labute approximate surface area is 166 Å². The number of ether oxygens (including phenoxy) is 1. The van der Waals surface area contributed by atoms with Gasteiger partial charge in [-0.15, -0.1) is 0 Å². The molecule has 0 saturated carbocycles. The first-order chi connectivity index (χ1) is 13.1. The van der Waals surface area contributed by atoms with Crippen LogP contribution in [0.3, 0.4) is 0 Å². The highest BCUT2D eigenvalue weighted by atomic mass is 16.5. The first kappa shape index (κ1) is 21.3. The predicted molar refractivity (Wildman–Crippen MR) is 114 cm³/mol. The molecule has 6 heteroatoms. The topological polar surface area (TPSA) is 79.5 Å². The molecule has 2 aromatic rings. The highest BCUT2D eigenvalue weighted by Crippen LogP contribution is 2.28. The van der Waals surface area contributed by atoms with Gasteiger partial charge in [0.25, 0.3) is 0 Å². The van der Waals surface area contributed by atoms with Crippen molar-refractivity contribution in [3.05, 3.63) is 48.0 Å². The molecule has 6 nitrogen and oxygen atoms in total.